The largest absolute Gasteiger partial charge is 0.469 e. The smallest absolute Gasteiger partial charge is 0.314 e. The van der Waals surface area contributed by atoms with Crippen LogP contribution in [0.25, 0.3) is 0 Å². The lowest BCUT2D eigenvalue weighted by molar-refractivity contribution is -0.142. The quantitative estimate of drug-likeness (QED) is 0.758. The number of benzene rings is 1. The summed E-state index contributed by atoms with van der Waals surface area (Å²) in [5.74, 6) is -0.614. The van der Waals surface area contributed by atoms with Gasteiger partial charge in [-0.2, -0.15) is 0 Å². The minimum absolute atomic E-state index is 0.0856. The van der Waals surface area contributed by atoms with Crippen LogP contribution in [0.3, 0.4) is 0 Å². The minimum Gasteiger partial charge on any atom is -0.469 e. The SMILES string of the molecule is COC(=O)C(CNCC(O)CC(C)(C)C)c1ccccc1. The molecular weight excluding hydrogens is 266 g/mol. The molecule has 118 valence electrons. The maximum Gasteiger partial charge on any atom is 0.314 e. The first-order valence-electron chi connectivity index (χ1n) is 7.35. The van der Waals surface area contributed by atoms with Crippen LogP contribution < -0.4 is 5.32 Å². The average molecular weight is 293 g/mol. The van der Waals surface area contributed by atoms with Crippen molar-refractivity contribution >= 4 is 5.97 Å². The summed E-state index contributed by atoms with van der Waals surface area (Å²) in [4.78, 5) is 11.9. The number of carbonyl (C=O) groups is 1. The maximum absolute atomic E-state index is 11.9. The number of carbonyl (C=O) groups excluding carboxylic acids is 1. The van der Waals surface area contributed by atoms with Crippen molar-refractivity contribution in [2.45, 2.75) is 39.2 Å². The summed E-state index contributed by atoms with van der Waals surface area (Å²) in [6.07, 6.45) is 0.299. The van der Waals surface area contributed by atoms with E-state index in [2.05, 4.69) is 26.1 Å². The van der Waals surface area contributed by atoms with E-state index in [1.165, 1.54) is 7.11 Å². The molecule has 1 aromatic rings. The number of rotatable bonds is 7. The van der Waals surface area contributed by atoms with Crippen molar-refractivity contribution in [2.24, 2.45) is 5.41 Å². The van der Waals surface area contributed by atoms with Gasteiger partial charge in [-0.05, 0) is 17.4 Å². The molecule has 0 spiro atoms. The highest BCUT2D eigenvalue weighted by Gasteiger charge is 2.22. The van der Waals surface area contributed by atoms with Gasteiger partial charge in [-0.1, -0.05) is 51.1 Å². The van der Waals surface area contributed by atoms with Gasteiger partial charge >= 0.3 is 5.97 Å². The van der Waals surface area contributed by atoms with E-state index in [4.69, 9.17) is 4.74 Å². The maximum atomic E-state index is 11.9. The number of nitrogens with one attached hydrogen (secondary N) is 1. The molecule has 0 saturated heterocycles. The Hall–Kier alpha value is -1.39. The van der Waals surface area contributed by atoms with Gasteiger partial charge in [-0.15, -0.1) is 0 Å². The Morgan fingerprint density at radius 1 is 1.24 bits per heavy atom. The number of methoxy groups -OCH3 is 1. The number of hydrogen-bond donors (Lipinski definition) is 2. The highest BCUT2D eigenvalue weighted by molar-refractivity contribution is 5.78. The molecule has 4 heteroatoms. The third kappa shape index (κ3) is 6.74. The molecule has 0 radical (unpaired) electrons. The number of aliphatic hydroxyl groups is 1. The molecule has 0 heterocycles. The van der Waals surface area contributed by atoms with Crippen LogP contribution in [0.15, 0.2) is 30.3 Å². The first-order valence-corrected chi connectivity index (χ1v) is 7.35. The third-order valence-electron chi connectivity index (χ3n) is 3.26. The van der Waals surface area contributed by atoms with Crippen molar-refractivity contribution in [2.75, 3.05) is 20.2 Å². The lowest BCUT2D eigenvalue weighted by Crippen LogP contribution is -2.34. The van der Waals surface area contributed by atoms with Crippen molar-refractivity contribution in [3.63, 3.8) is 0 Å². The zero-order valence-electron chi connectivity index (χ0n) is 13.4. The number of ether oxygens (including phenoxy) is 1. The molecule has 0 bridgehead atoms. The first-order chi connectivity index (χ1) is 9.83. The zero-order valence-corrected chi connectivity index (χ0v) is 13.4. The Kier molecular flexibility index (Phi) is 6.85. The Morgan fingerprint density at radius 3 is 2.38 bits per heavy atom. The van der Waals surface area contributed by atoms with Crippen molar-refractivity contribution in [1.29, 1.82) is 0 Å². The van der Waals surface area contributed by atoms with Crippen LogP contribution in [0.1, 0.15) is 38.7 Å². The van der Waals surface area contributed by atoms with Crippen LogP contribution in [0.4, 0.5) is 0 Å². The lowest BCUT2D eigenvalue weighted by atomic mass is 9.89. The topological polar surface area (TPSA) is 58.6 Å². The minimum atomic E-state index is -0.418. The second-order valence-electron chi connectivity index (χ2n) is 6.56. The number of hydrogen-bond acceptors (Lipinski definition) is 4. The molecule has 0 aromatic heterocycles. The summed E-state index contributed by atoms with van der Waals surface area (Å²) < 4.78 is 4.86. The molecule has 21 heavy (non-hydrogen) atoms. The van der Waals surface area contributed by atoms with Gasteiger partial charge in [-0.25, -0.2) is 0 Å². The Labute approximate surface area is 127 Å². The predicted molar refractivity (Wildman–Crippen MR) is 84.1 cm³/mol. The molecular formula is C17H27NO3. The third-order valence-corrected chi connectivity index (χ3v) is 3.26. The second-order valence-corrected chi connectivity index (χ2v) is 6.56. The van der Waals surface area contributed by atoms with Gasteiger partial charge in [0.15, 0.2) is 0 Å². The molecule has 0 aliphatic heterocycles. The molecule has 0 aliphatic carbocycles. The van der Waals surface area contributed by atoms with Crippen molar-refractivity contribution in [1.82, 2.24) is 5.32 Å². The molecule has 0 aliphatic rings. The van der Waals surface area contributed by atoms with Crippen LogP contribution in [0.2, 0.25) is 0 Å². The van der Waals surface area contributed by atoms with Gasteiger partial charge < -0.3 is 15.2 Å². The van der Waals surface area contributed by atoms with E-state index >= 15 is 0 Å². The highest BCUT2D eigenvalue weighted by atomic mass is 16.5. The summed E-state index contributed by atoms with van der Waals surface area (Å²) >= 11 is 0. The van der Waals surface area contributed by atoms with Crippen LogP contribution in [-0.2, 0) is 9.53 Å². The molecule has 0 fully saturated rings. The fourth-order valence-electron chi connectivity index (χ4n) is 2.34. The van der Waals surface area contributed by atoms with Crippen molar-refractivity contribution in [3.8, 4) is 0 Å². The fourth-order valence-corrected chi connectivity index (χ4v) is 2.34. The van der Waals surface area contributed by atoms with E-state index in [1.807, 2.05) is 30.3 Å². The summed E-state index contributed by atoms with van der Waals surface area (Å²) in [5, 5.41) is 13.2. The zero-order chi connectivity index (χ0) is 15.9. The van der Waals surface area contributed by atoms with E-state index in [1.54, 1.807) is 0 Å². The standard InChI is InChI=1S/C17H27NO3/c1-17(2,3)10-14(19)11-18-12-15(16(20)21-4)13-8-6-5-7-9-13/h5-9,14-15,18-19H,10-12H2,1-4H3. The molecule has 2 atom stereocenters. The van der Waals surface area contributed by atoms with E-state index in [0.29, 0.717) is 19.5 Å². The normalized spacial score (nSPS) is 14.5. The molecule has 1 aromatic carbocycles. The highest BCUT2D eigenvalue weighted by Crippen LogP contribution is 2.20. The van der Waals surface area contributed by atoms with Gasteiger partial charge in [0.05, 0.1) is 19.1 Å². The summed E-state index contributed by atoms with van der Waals surface area (Å²) in [7, 11) is 1.40. The first kappa shape index (κ1) is 17.7. The molecule has 1 rings (SSSR count). The van der Waals surface area contributed by atoms with Crippen LogP contribution in [0, 0.1) is 5.41 Å². The van der Waals surface area contributed by atoms with Gasteiger partial charge in [0, 0.05) is 13.1 Å². The average Bonchev–Trinajstić information content (AvgIpc) is 2.42. The molecule has 0 saturated carbocycles. The number of esters is 1. The van der Waals surface area contributed by atoms with Crippen molar-refractivity contribution in [3.05, 3.63) is 35.9 Å². The van der Waals surface area contributed by atoms with Crippen molar-refractivity contribution < 1.29 is 14.6 Å². The molecule has 4 nitrogen and oxygen atoms in total. The molecule has 2 N–H and O–H groups in total. The summed E-state index contributed by atoms with van der Waals surface area (Å²) in [6, 6.07) is 9.54. The van der Waals surface area contributed by atoms with Gasteiger partial charge in [0.1, 0.15) is 0 Å². The Balaban J connectivity index is 2.54. The van der Waals surface area contributed by atoms with E-state index < -0.39 is 6.10 Å². The van der Waals surface area contributed by atoms with Gasteiger partial charge in [0.25, 0.3) is 0 Å². The monoisotopic (exact) mass is 293 g/mol. The predicted octanol–water partition coefficient (Wildman–Crippen LogP) is 2.33. The van der Waals surface area contributed by atoms with E-state index in [0.717, 1.165) is 5.56 Å². The van der Waals surface area contributed by atoms with Crippen LogP contribution in [0.5, 0.6) is 0 Å². The van der Waals surface area contributed by atoms with Gasteiger partial charge in [0.2, 0.25) is 0 Å². The fraction of sp³-hybridized carbons (Fsp3) is 0.588. The van der Waals surface area contributed by atoms with Crippen LogP contribution >= 0.6 is 0 Å². The molecule has 2 unspecified atom stereocenters. The van der Waals surface area contributed by atoms with E-state index in [9.17, 15) is 9.90 Å². The number of aliphatic hydroxyl groups excluding tert-OH is 1. The van der Waals surface area contributed by atoms with Gasteiger partial charge in [-0.3, -0.25) is 4.79 Å². The second kappa shape index (κ2) is 8.15. The summed E-state index contributed by atoms with van der Waals surface area (Å²) in [6.45, 7) is 7.21. The van der Waals surface area contributed by atoms with E-state index in [-0.39, 0.29) is 17.3 Å². The Bertz CT molecular complexity index is 425. The summed E-state index contributed by atoms with van der Waals surface area (Å²) in [5.41, 5.74) is 1.00. The lowest BCUT2D eigenvalue weighted by Gasteiger charge is -2.23. The Morgan fingerprint density at radius 2 is 1.86 bits per heavy atom. The molecule has 0 amide bonds. The van der Waals surface area contributed by atoms with Crippen LogP contribution in [-0.4, -0.2) is 37.4 Å².